The Morgan fingerprint density at radius 1 is 1.23 bits per heavy atom. The summed E-state index contributed by atoms with van der Waals surface area (Å²) in [4.78, 5) is 9.63. The van der Waals surface area contributed by atoms with E-state index in [0.29, 0.717) is 17.6 Å². The van der Waals surface area contributed by atoms with E-state index in [2.05, 4.69) is 23.8 Å². The van der Waals surface area contributed by atoms with Gasteiger partial charge in [0.25, 0.3) is 0 Å². The molecule has 30 heavy (non-hydrogen) atoms. The van der Waals surface area contributed by atoms with Gasteiger partial charge < -0.3 is 18.8 Å². The standard InChI is InChI=1S/C22H27N3O3S2/c1-14-15(2)25(11-17-7-6-10-28-17)22(23-14)30-13-16-12-29-21(24-16)18-8-5-9-19(26-3)20(18)27-4/h5,8-9,12,17H,6-7,10-11,13H2,1-4H3. The van der Waals surface area contributed by atoms with Gasteiger partial charge in [0, 0.05) is 23.4 Å². The average Bonchev–Trinajstić information content (AvgIpc) is 3.50. The number of hydrogen-bond donors (Lipinski definition) is 0. The SMILES string of the molecule is COc1cccc(-c2nc(CSc3nc(C)c(C)n3CC3CCCO3)cs2)c1OC. The van der Waals surface area contributed by atoms with Crippen LogP contribution in [0, 0.1) is 13.8 Å². The van der Waals surface area contributed by atoms with Crippen molar-refractivity contribution in [3.05, 3.63) is 40.7 Å². The molecule has 0 bridgehead atoms. The predicted octanol–water partition coefficient (Wildman–Crippen LogP) is 5.11. The van der Waals surface area contributed by atoms with Crippen LogP contribution >= 0.6 is 23.1 Å². The third-order valence-electron chi connectivity index (χ3n) is 5.37. The minimum Gasteiger partial charge on any atom is -0.493 e. The maximum Gasteiger partial charge on any atom is 0.170 e. The van der Waals surface area contributed by atoms with Crippen LogP contribution < -0.4 is 9.47 Å². The molecule has 6 nitrogen and oxygen atoms in total. The molecule has 1 fully saturated rings. The fraction of sp³-hybridized carbons (Fsp3) is 0.455. The number of nitrogens with zero attached hydrogens (tertiary/aromatic N) is 3. The van der Waals surface area contributed by atoms with Crippen LogP contribution in [0.1, 0.15) is 29.9 Å². The first-order chi connectivity index (χ1) is 14.6. The first-order valence-electron chi connectivity index (χ1n) is 10.0. The number of thiazole rings is 1. The second-order valence-corrected chi connectivity index (χ2v) is 9.09. The number of hydrogen-bond acceptors (Lipinski definition) is 7. The normalized spacial score (nSPS) is 16.2. The smallest absolute Gasteiger partial charge is 0.170 e. The van der Waals surface area contributed by atoms with Crippen LogP contribution in [0.25, 0.3) is 10.6 Å². The maximum atomic E-state index is 5.84. The van der Waals surface area contributed by atoms with Crippen molar-refractivity contribution in [3.63, 3.8) is 0 Å². The van der Waals surface area contributed by atoms with E-state index in [-0.39, 0.29) is 0 Å². The van der Waals surface area contributed by atoms with Crippen LogP contribution in [0.4, 0.5) is 0 Å². The summed E-state index contributed by atoms with van der Waals surface area (Å²) >= 11 is 3.35. The minimum absolute atomic E-state index is 0.294. The Morgan fingerprint density at radius 3 is 2.83 bits per heavy atom. The van der Waals surface area contributed by atoms with Crippen molar-refractivity contribution in [1.29, 1.82) is 0 Å². The zero-order valence-corrected chi connectivity index (χ0v) is 19.4. The topological polar surface area (TPSA) is 58.4 Å². The van der Waals surface area contributed by atoms with Crippen LogP contribution in [-0.2, 0) is 17.0 Å². The van der Waals surface area contributed by atoms with Crippen LogP contribution in [0.2, 0.25) is 0 Å². The fourth-order valence-corrected chi connectivity index (χ4v) is 5.57. The summed E-state index contributed by atoms with van der Waals surface area (Å²) < 4.78 is 19.1. The van der Waals surface area contributed by atoms with Gasteiger partial charge in [0.2, 0.25) is 0 Å². The van der Waals surface area contributed by atoms with E-state index in [1.807, 2.05) is 18.2 Å². The first-order valence-corrected chi connectivity index (χ1v) is 11.9. The predicted molar refractivity (Wildman–Crippen MR) is 121 cm³/mol. The number of imidazole rings is 1. The molecule has 1 atom stereocenters. The third kappa shape index (κ3) is 4.36. The highest BCUT2D eigenvalue weighted by Crippen LogP contribution is 2.39. The lowest BCUT2D eigenvalue weighted by atomic mass is 10.2. The molecule has 0 N–H and O–H groups in total. The van der Waals surface area contributed by atoms with Crippen molar-refractivity contribution in [2.75, 3.05) is 20.8 Å². The molecule has 0 aliphatic carbocycles. The molecule has 3 aromatic rings. The highest BCUT2D eigenvalue weighted by atomic mass is 32.2. The average molecular weight is 446 g/mol. The Kier molecular flexibility index (Phi) is 6.65. The Labute approximate surface area is 185 Å². The van der Waals surface area contributed by atoms with Crippen molar-refractivity contribution in [1.82, 2.24) is 14.5 Å². The van der Waals surface area contributed by atoms with E-state index in [0.717, 1.165) is 58.9 Å². The molecule has 160 valence electrons. The number of thioether (sulfide) groups is 1. The van der Waals surface area contributed by atoms with Crippen LogP contribution in [0.3, 0.4) is 0 Å². The Morgan fingerprint density at radius 2 is 2.10 bits per heavy atom. The summed E-state index contributed by atoms with van der Waals surface area (Å²) in [6.45, 7) is 5.95. The van der Waals surface area contributed by atoms with Crippen LogP contribution in [0.15, 0.2) is 28.7 Å². The Bertz CT molecular complexity index is 1010. The van der Waals surface area contributed by atoms with Gasteiger partial charge >= 0.3 is 0 Å². The van der Waals surface area contributed by atoms with Gasteiger partial charge in [-0.1, -0.05) is 17.8 Å². The first kappa shape index (κ1) is 21.2. The molecule has 0 radical (unpaired) electrons. The van der Waals surface area contributed by atoms with Crippen LogP contribution in [0.5, 0.6) is 11.5 Å². The summed E-state index contributed by atoms with van der Waals surface area (Å²) in [5.41, 5.74) is 4.28. The van der Waals surface area contributed by atoms with Gasteiger partial charge in [0.15, 0.2) is 16.7 Å². The quantitative estimate of drug-likeness (QED) is 0.449. The van der Waals surface area contributed by atoms with E-state index in [9.17, 15) is 0 Å². The van der Waals surface area contributed by atoms with Gasteiger partial charge in [0.05, 0.1) is 43.8 Å². The lowest BCUT2D eigenvalue weighted by Gasteiger charge is -2.14. The maximum absolute atomic E-state index is 5.84. The molecular weight excluding hydrogens is 418 g/mol. The molecule has 0 saturated carbocycles. The van der Waals surface area contributed by atoms with Crippen molar-refractivity contribution in [3.8, 4) is 22.1 Å². The summed E-state index contributed by atoms with van der Waals surface area (Å²) in [7, 11) is 3.30. The Hall–Kier alpha value is -2.03. The summed E-state index contributed by atoms with van der Waals surface area (Å²) in [5, 5.41) is 4.07. The molecule has 1 unspecified atom stereocenters. The molecule has 1 saturated heterocycles. The minimum atomic E-state index is 0.294. The van der Waals surface area contributed by atoms with Crippen molar-refractivity contribution < 1.29 is 14.2 Å². The van der Waals surface area contributed by atoms with Crippen molar-refractivity contribution in [2.45, 2.75) is 50.2 Å². The molecule has 8 heteroatoms. The zero-order chi connectivity index (χ0) is 21.1. The second-order valence-electron chi connectivity index (χ2n) is 7.28. The lowest BCUT2D eigenvalue weighted by Crippen LogP contribution is -2.16. The monoisotopic (exact) mass is 445 g/mol. The third-order valence-corrected chi connectivity index (χ3v) is 7.30. The molecule has 0 amide bonds. The van der Waals surface area contributed by atoms with Gasteiger partial charge in [-0.05, 0) is 38.8 Å². The van der Waals surface area contributed by atoms with Gasteiger partial charge in [-0.25, -0.2) is 9.97 Å². The number of methoxy groups -OCH3 is 2. The molecular formula is C22H27N3O3S2. The number of aryl methyl sites for hydroxylation is 1. The van der Waals surface area contributed by atoms with E-state index in [1.54, 1.807) is 37.3 Å². The van der Waals surface area contributed by atoms with Crippen molar-refractivity contribution >= 4 is 23.1 Å². The van der Waals surface area contributed by atoms with E-state index in [1.165, 1.54) is 5.69 Å². The zero-order valence-electron chi connectivity index (χ0n) is 17.8. The number of para-hydroxylation sites is 1. The molecule has 1 aromatic carbocycles. The molecule has 2 aromatic heterocycles. The number of ether oxygens (including phenoxy) is 3. The molecule has 1 aliphatic heterocycles. The largest absolute Gasteiger partial charge is 0.493 e. The van der Waals surface area contributed by atoms with Crippen LogP contribution in [-0.4, -0.2) is 41.5 Å². The molecule has 1 aliphatic rings. The fourth-order valence-electron chi connectivity index (χ4n) is 3.63. The number of benzene rings is 1. The summed E-state index contributed by atoms with van der Waals surface area (Å²) in [5.74, 6) is 2.19. The van der Waals surface area contributed by atoms with E-state index < -0.39 is 0 Å². The molecule has 4 rings (SSSR count). The van der Waals surface area contributed by atoms with Gasteiger partial charge in [0.1, 0.15) is 5.01 Å². The Balaban J connectivity index is 1.50. The lowest BCUT2D eigenvalue weighted by molar-refractivity contribution is 0.0945. The number of aromatic nitrogens is 3. The van der Waals surface area contributed by atoms with E-state index in [4.69, 9.17) is 24.2 Å². The van der Waals surface area contributed by atoms with E-state index >= 15 is 0 Å². The highest BCUT2D eigenvalue weighted by Gasteiger charge is 2.21. The second kappa shape index (κ2) is 9.41. The van der Waals surface area contributed by atoms with Crippen molar-refractivity contribution in [2.24, 2.45) is 0 Å². The number of rotatable bonds is 8. The van der Waals surface area contributed by atoms with Gasteiger partial charge in [-0.15, -0.1) is 11.3 Å². The summed E-state index contributed by atoms with van der Waals surface area (Å²) in [6, 6.07) is 5.86. The molecule has 3 heterocycles. The summed E-state index contributed by atoms with van der Waals surface area (Å²) in [6.07, 6.45) is 2.57. The highest BCUT2D eigenvalue weighted by molar-refractivity contribution is 7.98. The van der Waals surface area contributed by atoms with Gasteiger partial charge in [-0.2, -0.15) is 0 Å². The van der Waals surface area contributed by atoms with Gasteiger partial charge in [-0.3, -0.25) is 0 Å². The molecule has 0 spiro atoms.